The molecule has 2 unspecified atom stereocenters. The number of likely N-dealkylation sites (tertiary alicyclic amines) is 1. The van der Waals surface area contributed by atoms with Crippen LogP contribution in [0, 0.1) is 23.7 Å². The van der Waals surface area contributed by atoms with Gasteiger partial charge in [0, 0.05) is 0 Å². The van der Waals surface area contributed by atoms with Gasteiger partial charge in [-0.15, -0.1) is 0 Å². The molecule has 0 amide bonds. The highest BCUT2D eigenvalue weighted by molar-refractivity contribution is 4.73. The second-order valence-corrected chi connectivity index (χ2v) is 7.30. The van der Waals surface area contributed by atoms with Gasteiger partial charge >= 0.3 is 0 Å². The fourth-order valence-corrected chi connectivity index (χ4v) is 3.44. The van der Waals surface area contributed by atoms with E-state index >= 15 is 0 Å². The Kier molecular flexibility index (Phi) is 8.01. The van der Waals surface area contributed by atoms with Gasteiger partial charge < -0.3 is 10.6 Å². The van der Waals surface area contributed by atoms with E-state index in [2.05, 4.69) is 32.6 Å². The van der Waals surface area contributed by atoms with E-state index in [1.54, 1.807) is 0 Å². The van der Waals surface area contributed by atoms with Crippen molar-refractivity contribution in [1.29, 1.82) is 0 Å². The maximum absolute atomic E-state index is 5.91. The SMILES string of the molecule is CC(C)CC(CN)CCN1CCCC(C(C)C)CC1. The summed E-state index contributed by atoms with van der Waals surface area (Å²) in [4.78, 5) is 2.69. The lowest BCUT2D eigenvalue weighted by Crippen LogP contribution is -2.29. The first kappa shape index (κ1) is 17.0. The van der Waals surface area contributed by atoms with Crippen molar-refractivity contribution in [3.05, 3.63) is 0 Å². The average Bonchev–Trinajstić information content (AvgIpc) is 2.59. The molecule has 2 nitrogen and oxygen atoms in total. The van der Waals surface area contributed by atoms with E-state index in [9.17, 15) is 0 Å². The molecule has 0 radical (unpaired) electrons. The van der Waals surface area contributed by atoms with E-state index in [0.29, 0.717) is 0 Å². The molecule has 0 aromatic carbocycles. The number of nitrogens with two attached hydrogens (primary N) is 1. The van der Waals surface area contributed by atoms with Gasteiger partial charge in [-0.05, 0) is 82.0 Å². The third-order valence-corrected chi connectivity index (χ3v) is 4.80. The summed E-state index contributed by atoms with van der Waals surface area (Å²) in [5.74, 6) is 3.32. The number of nitrogens with zero attached hydrogens (tertiary/aromatic N) is 1. The summed E-state index contributed by atoms with van der Waals surface area (Å²) < 4.78 is 0. The molecule has 0 bridgehead atoms. The standard InChI is InChI=1S/C17H36N2/c1-14(2)12-16(13-18)7-10-19-9-5-6-17(8-11-19)15(3)4/h14-17H,5-13,18H2,1-4H3. The molecule has 1 aliphatic heterocycles. The minimum atomic E-state index is 0.726. The Morgan fingerprint density at radius 3 is 2.42 bits per heavy atom. The van der Waals surface area contributed by atoms with Gasteiger partial charge in [0.05, 0.1) is 0 Å². The van der Waals surface area contributed by atoms with E-state index in [0.717, 1.165) is 30.2 Å². The van der Waals surface area contributed by atoms with Crippen molar-refractivity contribution in [1.82, 2.24) is 4.90 Å². The zero-order valence-corrected chi connectivity index (χ0v) is 13.7. The monoisotopic (exact) mass is 268 g/mol. The molecule has 1 fully saturated rings. The molecule has 1 heterocycles. The molecule has 1 rings (SSSR count). The van der Waals surface area contributed by atoms with Crippen LogP contribution in [0.25, 0.3) is 0 Å². The fraction of sp³-hybridized carbons (Fsp3) is 1.00. The molecule has 1 saturated heterocycles. The van der Waals surface area contributed by atoms with Crippen molar-refractivity contribution in [2.75, 3.05) is 26.2 Å². The van der Waals surface area contributed by atoms with Crippen LogP contribution in [0.2, 0.25) is 0 Å². The first-order valence-corrected chi connectivity index (χ1v) is 8.45. The van der Waals surface area contributed by atoms with Crippen LogP contribution in [0.5, 0.6) is 0 Å². The molecule has 0 spiro atoms. The Balaban J connectivity index is 2.29. The molecule has 19 heavy (non-hydrogen) atoms. The van der Waals surface area contributed by atoms with Crippen LogP contribution >= 0.6 is 0 Å². The predicted molar refractivity (Wildman–Crippen MR) is 85.2 cm³/mol. The highest BCUT2D eigenvalue weighted by Crippen LogP contribution is 2.25. The van der Waals surface area contributed by atoms with E-state index in [-0.39, 0.29) is 0 Å². The number of hydrogen-bond acceptors (Lipinski definition) is 2. The van der Waals surface area contributed by atoms with Crippen molar-refractivity contribution in [3.8, 4) is 0 Å². The lowest BCUT2D eigenvalue weighted by Gasteiger charge is -2.24. The third kappa shape index (κ3) is 6.76. The average molecular weight is 268 g/mol. The molecule has 2 N–H and O–H groups in total. The zero-order chi connectivity index (χ0) is 14.3. The summed E-state index contributed by atoms with van der Waals surface area (Å²) in [6.45, 7) is 14.1. The molecule has 2 atom stereocenters. The van der Waals surface area contributed by atoms with Gasteiger partial charge in [-0.25, -0.2) is 0 Å². The lowest BCUT2D eigenvalue weighted by atomic mass is 9.89. The van der Waals surface area contributed by atoms with Crippen LogP contribution in [-0.2, 0) is 0 Å². The maximum Gasteiger partial charge on any atom is -0.00156 e. The van der Waals surface area contributed by atoms with Crippen molar-refractivity contribution in [2.24, 2.45) is 29.4 Å². The van der Waals surface area contributed by atoms with Gasteiger partial charge in [-0.1, -0.05) is 27.7 Å². The third-order valence-electron chi connectivity index (χ3n) is 4.80. The van der Waals surface area contributed by atoms with Crippen molar-refractivity contribution < 1.29 is 0 Å². The van der Waals surface area contributed by atoms with Crippen LogP contribution in [-0.4, -0.2) is 31.1 Å². The second kappa shape index (κ2) is 8.97. The Morgan fingerprint density at radius 1 is 1.11 bits per heavy atom. The van der Waals surface area contributed by atoms with Crippen molar-refractivity contribution in [3.63, 3.8) is 0 Å². The number of rotatable bonds is 7. The quantitative estimate of drug-likeness (QED) is 0.762. The summed E-state index contributed by atoms with van der Waals surface area (Å²) in [6.07, 6.45) is 6.80. The normalized spacial score (nSPS) is 23.8. The van der Waals surface area contributed by atoms with Gasteiger partial charge in [0.1, 0.15) is 0 Å². The number of hydrogen-bond donors (Lipinski definition) is 1. The van der Waals surface area contributed by atoms with Crippen molar-refractivity contribution >= 4 is 0 Å². The minimum absolute atomic E-state index is 0.726. The Morgan fingerprint density at radius 2 is 1.84 bits per heavy atom. The van der Waals surface area contributed by atoms with Crippen LogP contribution in [0.15, 0.2) is 0 Å². The van der Waals surface area contributed by atoms with E-state index in [1.807, 2.05) is 0 Å². The van der Waals surface area contributed by atoms with Gasteiger partial charge in [0.15, 0.2) is 0 Å². The van der Waals surface area contributed by atoms with Crippen LogP contribution in [0.1, 0.15) is 59.8 Å². The summed E-state index contributed by atoms with van der Waals surface area (Å²) >= 11 is 0. The van der Waals surface area contributed by atoms with E-state index < -0.39 is 0 Å². The summed E-state index contributed by atoms with van der Waals surface area (Å²) in [7, 11) is 0. The second-order valence-electron chi connectivity index (χ2n) is 7.30. The molecule has 2 heteroatoms. The molecule has 1 aliphatic rings. The lowest BCUT2D eigenvalue weighted by molar-refractivity contribution is 0.243. The highest BCUT2D eigenvalue weighted by Gasteiger charge is 2.20. The molecule has 0 aliphatic carbocycles. The van der Waals surface area contributed by atoms with Gasteiger partial charge in [-0.2, -0.15) is 0 Å². The Hall–Kier alpha value is -0.0800. The first-order valence-electron chi connectivity index (χ1n) is 8.45. The van der Waals surface area contributed by atoms with E-state index in [1.165, 1.54) is 51.7 Å². The van der Waals surface area contributed by atoms with Crippen LogP contribution in [0.3, 0.4) is 0 Å². The molecule has 0 saturated carbocycles. The molecule has 0 aromatic rings. The summed E-state index contributed by atoms with van der Waals surface area (Å²) in [6, 6.07) is 0. The minimum Gasteiger partial charge on any atom is -0.330 e. The smallest absolute Gasteiger partial charge is 0.00156 e. The molecular weight excluding hydrogens is 232 g/mol. The van der Waals surface area contributed by atoms with Crippen molar-refractivity contribution in [2.45, 2.75) is 59.8 Å². The molecule has 0 aromatic heterocycles. The van der Waals surface area contributed by atoms with Gasteiger partial charge in [0.25, 0.3) is 0 Å². The fourth-order valence-electron chi connectivity index (χ4n) is 3.44. The molecule has 114 valence electrons. The van der Waals surface area contributed by atoms with Gasteiger partial charge in [-0.3, -0.25) is 0 Å². The Bertz CT molecular complexity index is 225. The Labute approximate surface area is 121 Å². The van der Waals surface area contributed by atoms with Crippen LogP contribution < -0.4 is 5.73 Å². The maximum atomic E-state index is 5.91. The first-order chi connectivity index (χ1) is 9.02. The zero-order valence-electron chi connectivity index (χ0n) is 13.7. The van der Waals surface area contributed by atoms with Crippen LogP contribution in [0.4, 0.5) is 0 Å². The summed E-state index contributed by atoms with van der Waals surface area (Å²) in [5.41, 5.74) is 5.91. The summed E-state index contributed by atoms with van der Waals surface area (Å²) in [5, 5.41) is 0. The van der Waals surface area contributed by atoms with E-state index in [4.69, 9.17) is 5.73 Å². The largest absolute Gasteiger partial charge is 0.330 e. The highest BCUT2D eigenvalue weighted by atomic mass is 15.1. The predicted octanol–water partition coefficient (Wildman–Crippen LogP) is 3.76. The van der Waals surface area contributed by atoms with Gasteiger partial charge in [0.2, 0.25) is 0 Å². The molecular formula is C17H36N2. The topological polar surface area (TPSA) is 29.3 Å².